The highest BCUT2D eigenvalue weighted by molar-refractivity contribution is 5.80. The molecule has 1 aliphatic carbocycles. The van der Waals surface area contributed by atoms with Crippen LogP contribution in [0.2, 0.25) is 0 Å². The molecule has 152 valence electrons. The average Bonchev–Trinajstić information content (AvgIpc) is 3.07. The molecule has 3 aliphatic rings. The maximum absolute atomic E-state index is 13.0. The molecular formula is C22H31N3O3. The van der Waals surface area contributed by atoms with Gasteiger partial charge in [-0.15, -0.1) is 0 Å². The zero-order valence-electron chi connectivity index (χ0n) is 16.7. The Morgan fingerprint density at radius 3 is 2.57 bits per heavy atom. The lowest BCUT2D eigenvalue weighted by molar-refractivity contribution is -0.144. The van der Waals surface area contributed by atoms with E-state index in [1.54, 1.807) is 0 Å². The first kappa shape index (κ1) is 19.2. The van der Waals surface area contributed by atoms with E-state index in [1.165, 1.54) is 17.7 Å². The Labute approximate surface area is 167 Å². The van der Waals surface area contributed by atoms with E-state index in [9.17, 15) is 14.7 Å². The summed E-state index contributed by atoms with van der Waals surface area (Å²) in [4.78, 5) is 31.0. The van der Waals surface area contributed by atoms with Crippen molar-refractivity contribution in [3.05, 3.63) is 29.8 Å². The Kier molecular flexibility index (Phi) is 5.58. The fourth-order valence-electron chi connectivity index (χ4n) is 5.32. The van der Waals surface area contributed by atoms with Crippen LogP contribution in [0.1, 0.15) is 37.7 Å². The number of likely N-dealkylation sites (tertiary alicyclic amines) is 1. The van der Waals surface area contributed by atoms with Gasteiger partial charge in [0.05, 0.1) is 6.54 Å². The molecule has 6 nitrogen and oxygen atoms in total. The van der Waals surface area contributed by atoms with Crippen molar-refractivity contribution in [3.63, 3.8) is 0 Å². The van der Waals surface area contributed by atoms with Crippen molar-refractivity contribution >= 4 is 17.6 Å². The first-order valence-corrected chi connectivity index (χ1v) is 10.6. The summed E-state index contributed by atoms with van der Waals surface area (Å²) in [6, 6.07) is 8.24. The lowest BCUT2D eigenvalue weighted by Crippen LogP contribution is -2.53. The summed E-state index contributed by atoms with van der Waals surface area (Å²) < 4.78 is 0. The number of carboxylic acids is 1. The van der Waals surface area contributed by atoms with Crippen LogP contribution in [-0.4, -0.2) is 71.6 Å². The molecule has 6 heteroatoms. The number of hydrogen-bond donors (Lipinski definition) is 1. The van der Waals surface area contributed by atoms with Crippen LogP contribution in [0.15, 0.2) is 24.3 Å². The number of piperazine rings is 1. The minimum atomic E-state index is -0.772. The van der Waals surface area contributed by atoms with Gasteiger partial charge in [0.2, 0.25) is 5.91 Å². The number of aryl methyl sites for hydroxylation is 1. The molecule has 1 aromatic carbocycles. The molecule has 1 aromatic rings. The normalized spacial score (nSPS) is 28.2. The highest BCUT2D eigenvalue weighted by Crippen LogP contribution is 2.39. The van der Waals surface area contributed by atoms with E-state index in [1.807, 2.05) is 9.80 Å². The van der Waals surface area contributed by atoms with Gasteiger partial charge in [-0.05, 0) is 49.8 Å². The number of fused-ring (bicyclic) bond motifs is 1. The minimum Gasteiger partial charge on any atom is -0.480 e. The van der Waals surface area contributed by atoms with Gasteiger partial charge in [-0.25, -0.2) is 0 Å². The van der Waals surface area contributed by atoms with E-state index in [4.69, 9.17) is 0 Å². The molecule has 2 saturated heterocycles. The van der Waals surface area contributed by atoms with Crippen molar-refractivity contribution in [2.75, 3.05) is 37.6 Å². The lowest BCUT2D eigenvalue weighted by Gasteiger charge is -2.38. The van der Waals surface area contributed by atoms with Gasteiger partial charge in [-0.2, -0.15) is 0 Å². The van der Waals surface area contributed by atoms with Crippen molar-refractivity contribution in [1.29, 1.82) is 0 Å². The Balaban J connectivity index is 1.36. The number of hydrogen-bond acceptors (Lipinski definition) is 4. The highest BCUT2D eigenvalue weighted by Gasteiger charge is 2.46. The van der Waals surface area contributed by atoms with Crippen LogP contribution in [0.3, 0.4) is 0 Å². The number of amides is 1. The Hall–Kier alpha value is -2.08. The predicted octanol–water partition coefficient (Wildman–Crippen LogP) is 2.36. The van der Waals surface area contributed by atoms with Crippen molar-refractivity contribution in [3.8, 4) is 0 Å². The van der Waals surface area contributed by atoms with Gasteiger partial charge < -0.3 is 14.9 Å². The summed E-state index contributed by atoms with van der Waals surface area (Å²) >= 11 is 0. The number of carbonyl (C=O) groups excluding carboxylic acids is 1. The first-order valence-electron chi connectivity index (χ1n) is 10.6. The largest absolute Gasteiger partial charge is 0.480 e. The molecule has 3 atom stereocenters. The van der Waals surface area contributed by atoms with E-state index in [-0.39, 0.29) is 18.5 Å². The Morgan fingerprint density at radius 1 is 1.11 bits per heavy atom. The van der Waals surface area contributed by atoms with Crippen LogP contribution in [0.4, 0.5) is 5.69 Å². The monoisotopic (exact) mass is 385 g/mol. The van der Waals surface area contributed by atoms with Crippen LogP contribution in [0.25, 0.3) is 0 Å². The minimum absolute atomic E-state index is 0.0846. The number of carboxylic acid groups (broad SMARTS) is 1. The third kappa shape index (κ3) is 3.88. The Bertz CT molecular complexity index is 729. The maximum Gasteiger partial charge on any atom is 0.320 e. The van der Waals surface area contributed by atoms with Gasteiger partial charge in [-0.1, -0.05) is 25.0 Å². The fourth-order valence-corrected chi connectivity index (χ4v) is 5.32. The van der Waals surface area contributed by atoms with Gasteiger partial charge in [0, 0.05) is 37.9 Å². The molecule has 4 rings (SSSR count). The third-order valence-electron chi connectivity index (χ3n) is 6.82. The van der Waals surface area contributed by atoms with Crippen molar-refractivity contribution < 1.29 is 14.7 Å². The summed E-state index contributed by atoms with van der Waals surface area (Å²) in [5.41, 5.74) is 2.45. The van der Waals surface area contributed by atoms with Gasteiger partial charge >= 0.3 is 5.97 Å². The zero-order valence-corrected chi connectivity index (χ0v) is 16.7. The summed E-state index contributed by atoms with van der Waals surface area (Å²) in [6.07, 6.45) is 5.18. The zero-order chi connectivity index (χ0) is 19.7. The summed E-state index contributed by atoms with van der Waals surface area (Å²) in [6.45, 7) is 5.39. The van der Waals surface area contributed by atoms with Crippen molar-refractivity contribution in [1.82, 2.24) is 9.80 Å². The number of nitrogens with zero attached hydrogens (tertiary/aromatic N) is 3. The lowest BCUT2D eigenvalue weighted by atomic mass is 9.85. The van der Waals surface area contributed by atoms with E-state index in [2.05, 4.69) is 36.1 Å². The van der Waals surface area contributed by atoms with Crippen LogP contribution < -0.4 is 4.90 Å². The van der Waals surface area contributed by atoms with Crippen molar-refractivity contribution in [2.45, 2.75) is 51.1 Å². The van der Waals surface area contributed by atoms with Gasteiger partial charge in [0.1, 0.15) is 6.04 Å². The molecule has 3 unspecified atom stereocenters. The average molecular weight is 386 g/mol. The first-order chi connectivity index (χ1) is 13.5. The molecule has 2 aliphatic heterocycles. The standard InChI is InChI=1S/C22H31N3O3/c1-16-5-4-7-18(13-16)23-9-11-24(12-10-23)21(26)15-25-19-8-3-2-6-17(19)14-20(25)22(27)28/h4-5,7,13,17,19-20H,2-3,6,8-12,14-15H2,1H3,(H,27,28). The van der Waals surface area contributed by atoms with Crippen molar-refractivity contribution in [2.24, 2.45) is 5.92 Å². The number of carbonyl (C=O) groups is 2. The third-order valence-corrected chi connectivity index (χ3v) is 6.82. The van der Waals surface area contributed by atoms with E-state index in [0.717, 1.165) is 32.4 Å². The molecule has 0 spiro atoms. The van der Waals surface area contributed by atoms with Crippen LogP contribution in [0, 0.1) is 12.8 Å². The second-order valence-corrected chi connectivity index (χ2v) is 8.58. The molecule has 0 bridgehead atoms. The van der Waals surface area contributed by atoms with E-state index in [0.29, 0.717) is 25.4 Å². The molecule has 3 fully saturated rings. The number of aliphatic carboxylic acids is 1. The summed E-state index contributed by atoms with van der Waals surface area (Å²) in [5.74, 6) is -0.242. The number of benzene rings is 1. The molecule has 0 radical (unpaired) electrons. The number of rotatable bonds is 4. The molecule has 1 amide bonds. The molecule has 2 heterocycles. The molecule has 1 N–H and O–H groups in total. The predicted molar refractivity (Wildman–Crippen MR) is 108 cm³/mol. The van der Waals surface area contributed by atoms with E-state index >= 15 is 0 Å². The number of anilines is 1. The van der Waals surface area contributed by atoms with Crippen LogP contribution in [-0.2, 0) is 9.59 Å². The molecule has 1 saturated carbocycles. The second-order valence-electron chi connectivity index (χ2n) is 8.58. The topological polar surface area (TPSA) is 64.1 Å². The smallest absolute Gasteiger partial charge is 0.320 e. The molecular weight excluding hydrogens is 354 g/mol. The second kappa shape index (κ2) is 8.11. The maximum atomic E-state index is 13.0. The fraction of sp³-hybridized carbons (Fsp3) is 0.636. The van der Waals surface area contributed by atoms with Crippen LogP contribution >= 0.6 is 0 Å². The van der Waals surface area contributed by atoms with E-state index < -0.39 is 12.0 Å². The van der Waals surface area contributed by atoms with Gasteiger partial charge in [0.15, 0.2) is 0 Å². The SMILES string of the molecule is Cc1cccc(N2CCN(C(=O)CN3C(C(=O)O)CC4CCCCC43)CC2)c1. The molecule has 0 aromatic heterocycles. The van der Waals surface area contributed by atoms with Crippen LogP contribution in [0.5, 0.6) is 0 Å². The van der Waals surface area contributed by atoms with Gasteiger partial charge in [-0.3, -0.25) is 14.5 Å². The Morgan fingerprint density at radius 2 is 1.86 bits per heavy atom. The summed E-state index contributed by atoms with van der Waals surface area (Å²) in [7, 11) is 0. The van der Waals surface area contributed by atoms with Gasteiger partial charge in [0.25, 0.3) is 0 Å². The molecule has 28 heavy (non-hydrogen) atoms. The summed E-state index contributed by atoms with van der Waals surface area (Å²) in [5, 5.41) is 9.66. The quantitative estimate of drug-likeness (QED) is 0.862. The highest BCUT2D eigenvalue weighted by atomic mass is 16.4.